The summed E-state index contributed by atoms with van der Waals surface area (Å²) in [5.41, 5.74) is -0.432. The Labute approximate surface area is 153 Å². The zero-order valence-corrected chi connectivity index (χ0v) is 14.8. The minimum Gasteiger partial charge on any atom is -0.481 e. The molecule has 1 aliphatic heterocycles. The van der Waals surface area contributed by atoms with Gasteiger partial charge in [0.05, 0.1) is 17.2 Å². The maximum absolute atomic E-state index is 13.0. The van der Waals surface area contributed by atoms with E-state index in [9.17, 15) is 19.5 Å². The van der Waals surface area contributed by atoms with Crippen LogP contribution in [0, 0.1) is 11.3 Å². The molecule has 2 atom stereocenters. The van der Waals surface area contributed by atoms with Crippen LogP contribution in [0.3, 0.4) is 0 Å². The molecule has 4 rings (SSSR count). The van der Waals surface area contributed by atoms with E-state index in [0.29, 0.717) is 23.5 Å². The van der Waals surface area contributed by atoms with E-state index in [1.807, 2.05) is 0 Å². The van der Waals surface area contributed by atoms with Gasteiger partial charge in [0.15, 0.2) is 5.76 Å². The van der Waals surface area contributed by atoms with Crippen molar-refractivity contribution in [3.05, 3.63) is 41.2 Å². The molecule has 0 radical (unpaired) electrons. The summed E-state index contributed by atoms with van der Waals surface area (Å²) in [5.74, 6) is -1.31. The van der Waals surface area contributed by atoms with E-state index < -0.39 is 17.3 Å². The van der Waals surface area contributed by atoms with Gasteiger partial charge >= 0.3 is 5.97 Å². The molecule has 8 heteroatoms. The summed E-state index contributed by atoms with van der Waals surface area (Å²) in [6.07, 6.45) is 3.75. The standard InChI is InChI=1S/C18H18N2O5S/c21-14(13-4-2-7-25-13)19-15-12(5-8-26-15)16(22)20-9-11-3-1-6-18(11,10-20)17(23)24/h2,4-5,7-8,11H,1,3,6,9-10H2,(H,19,21)(H,23,24)/t11-,18+/m0/s1. The van der Waals surface area contributed by atoms with Crippen LogP contribution in [0.1, 0.15) is 40.2 Å². The monoisotopic (exact) mass is 374 g/mol. The van der Waals surface area contributed by atoms with Gasteiger partial charge in [-0.2, -0.15) is 0 Å². The number of carbonyl (C=O) groups is 3. The summed E-state index contributed by atoms with van der Waals surface area (Å²) in [5, 5.41) is 14.6. The number of carboxylic acids is 1. The van der Waals surface area contributed by atoms with Crippen molar-refractivity contribution in [2.75, 3.05) is 18.4 Å². The first-order chi connectivity index (χ1) is 12.5. The summed E-state index contributed by atoms with van der Waals surface area (Å²) in [6.45, 7) is 0.680. The zero-order chi connectivity index (χ0) is 18.3. The predicted octanol–water partition coefficient (Wildman–Crippen LogP) is 2.92. The van der Waals surface area contributed by atoms with E-state index in [4.69, 9.17) is 4.42 Å². The van der Waals surface area contributed by atoms with E-state index in [2.05, 4.69) is 5.32 Å². The van der Waals surface area contributed by atoms with Gasteiger partial charge in [0, 0.05) is 13.1 Å². The quantitative estimate of drug-likeness (QED) is 0.857. The van der Waals surface area contributed by atoms with Gasteiger partial charge in [0.2, 0.25) is 0 Å². The summed E-state index contributed by atoms with van der Waals surface area (Å²) in [6, 6.07) is 4.82. The first-order valence-corrected chi connectivity index (χ1v) is 9.34. The minimum atomic E-state index is -0.816. The van der Waals surface area contributed by atoms with Crippen LogP contribution in [0.2, 0.25) is 0 Å². The SMILES string of the molecule is O=C(Nc1sccc1C(=O)N1C[C@@H]2CCC[C@@]2(C(=O)O)C1)c1ccco1. The molecule has 1 saturated heterocycles. The Kier molecular flexibility index (Phi) is 4.07. The molecule has 2 aliphatic rings. The van der Waals surface area contributed by atoms with E-state index in [-0.39, 0.29) is 24.1 Å². The second kappa shape index (κ2) is 6.28. The summed E-state index contributed by atoms with van der Waals surface area (Å²) >= 11 is 1.25. The van der Waals surface area contributed by atoms with E-state index in [1.165, 1.54) is 17.6 Å². The maximum Gasteiger partial charge on any atom is 0.311 e. The van der Waals surface area contributed by atoms with E-state index in [1.54, 1.807) is 28.5 Å². The Hall–Kier alpha value is -2.61. The molecule has 0 bridgehead atoms. The zero-order valence-electron chi connectivity index (χ0n) is 13.9. The molecule has 0 spiro atoms. The lowest BCUT2D eigenvalue weighted by Crippen LogP contribution is -2.37. The number of carboxylic acid groups (broad SMARTS) is 1. The number of amides is 2. The molecule has 7 nitrogen and oxygen atoms in total. The number of anilines is 1. The predicted molar refractivity (Wildman–Crippen MR) is 94.3 cm³/mol. The highest BCUT2D eigenvalue weighted by atomic mass is 32.1. The van der Waals surface area contributed by atoms with Crippen molar-refractivity contribution in [2.45, 2.75) is 19.3 Å². The second-order valence-corrected chi connectivity index (χ2v) is 7.75. The van der Waals surface area contributed by atoms with Crippen LogP contribution in [0.5, 0.6) is 0 Å². The van der Waals surface area contributed by atoms with Crippen molar-refractivity contribution in [1.29, 1.82) is 0 Å². The molecule has 1 saturated carbocycles. The van der Waals surface area contributed by atoms with Crippen molar-refractivity contribution < 1.29 is 23.9 Å². The van der Waals surface area contributed by atoms with E-state index in [0.717, 1.165) is 12.8 Å². The smallest absolute Gasteiger partial charge is 0.311 e. The Balaban J connectivity index is 1.52. The Bertz CT molecular complexity index is 859. The molecule has 2 aromatic heterocycles. The minimum absolute atomic E-state index is 0.00347. The largest absolute Gasteiger partial charge is 0.481 e. The third kappa shape index (κ3) is 2.61. The van der Waals surface area contributed by atoms with Crippen molar-refractivity contribution in [1.82, 2.24) is 4.90 Å². The topological polar surface area (TPSA) is 99.9 Å². The Morgan fingerprint density at radius 1 is 1.35 bits per heavy atom. The number of rotatable bonds is 4. The summed E-state index contributed by atoms with van der Waals surface area (Å²) in [7, 11) is 0. The highest BCUT2D eigenvalue weighted by Gasteiger charge is 2.55. The molecule has 1 aliphatic carbocycles. The number of hydrogen-bond acceptors (Lipinski definition) is 5. The van der Waals surface area contributed by atoms with Crippen LogP contribution in [0.4, 0.5) is 5.00 Å². The normalized spacial score (nSPS) is 24.5. The number of likely N-dealkylation sites (tertiary alicyclic amines) is 1. The van der Waals surface area contributed by atoms with Crippen molar-refractivity contribution in [3.8, 4) is 0 Å². The lowest BCUT2D eigenvalue weighted by atomic mass is 9.81. The van der Waals surface area contributed by atoms with Gasteiger partial charge in [-0.1, -0.05) is 6.42 Å². The molecule has 26 heavy (non-hydrogen) atoms. The van der Waals surface area contributed by atoms with Crippen LogP contribution in [0.15, 0.2) is 34.3 Å². The number of fused-ring (bicyclic) bond motifs is 1. The lowest BCUT2D eigenvalue weighted by molar-refractivity contribution is -0.149. The van der Waals surface area contributed by atoms with Gasteiger partial charge in [-0.25, -0.2) is 0 Å². The molecule has 2 N–H and O–H groups in total. The van der Waals surface area contributed by atoms with Crippen LogP contribution >= 0.6 is 11.3 Å². The number of nitrogens with one attached hydrogen (secondary N) is 1. The Morgan fingerprint density at radius 2 is 2.19 bits per heavy atom. The lowest BCUT2D eigenvalue weighted by Gasteiger charge is -2.23. The van der Waals surface area contributed by atoms with Crippen LogP contribution in [-0.4, -0.2) is 40.9 Å². The van der Waals surface area contributed by atoms with Crippen LogP contribution < -0.4 is 5.32 Å². The number of nitrogens with zero attached hydrogens (tertiary/aromatic N) is 1. The summed E-state index contributed by atoms with van der Waals surface area (Å²) < 4.78 is 5.07. The van der Waals surface area contributed by atoms with Gasteiger partial charge in [-0.3, -0.25) is 14.4 Å². The molecule has 0 unspecified atom stereocenters. The van der Waals surface area contributed by atoms with Crippen molar-refractivity contribution in [3.63, 3.8) is 0 Å². The van der Waals surface area contributed by atoms with Gasteiger partial charge < -0.3 is 19.7 Å². The first-order valence-electron chi connectivity index (χ1n) is 8.46. The molecule has 2 amide bonds. The number of thiophene rings is 1. The third-order valence-corrected chi connectivity index (χ3v) is 6.28. The Morgan fingerprint density at radius 3 is 2.88 bits per heavy atom. The summed E-state index contributed by atoms with van der Waals surface area (Å²) in [4.78, 5) is 38.5. The first kappa shape index (κ1) is 16.8. The molecular weight excluding hydrogens is 356 g/mol. The number of carbonyl (C=O) groups excluding carboxylic acids is 2. The van der Waals surface area contributed by atoms with E-state index >= 15 is 0 Å². The number of hydrogen-bond donors (Lipinski definition) is 2. The fourth-order valence-corrected chi connectivity index (χ4v) is 4.89. The maximum atomic E-state index is 13.0. The number of furan rings is 1. The van der Waals surface area contributed by atoms with Gasteiger partial charge in [-0.05, 0) is 42.3 Å². The molecular formula is C18H18N2O5S. The number of aliphatic carboxylic acids is 1. The average molecular weight is 374 g/mol. The van der Waals surface area contributed by atoms with Gasteiger partial charge in [-0.15, -0.1) is 11.3 Å². The van der Waals surface area contributed by atoms with Crippen LogP contribution in [0.25, 0.3) is 0 Å². The fourth-order valence-electron chi connectivity index (χ4n) is 4.11. The highest BCUT2D eigenvalue weighted by molar-refractivity contribution is 7.14. The van der Waals surface area contributed by atoms with Gasteiger partial charge in [0.25, 0.3) is 11.8 Å². The third-order valence-electron chi connectivity index (χ3n) is 5.45. The second-order valence-electron chi connectivity index (χ2n) is 6.83. The van der Waals surface area contributed by atoms with Gasteiger partial charge in [0.1, 0.15) is 5.00 Å². The molecule has 2 fully saturated rings. The average Bonchev–Trinajstić information content (AvgIpc) is 3.36. The van der Waals surface area contributed by atoms with Crippen LogP contribution in [-0.2, 0) is 4.79 Å². The van der Waals surface area contributed by atoms with Crippen molar-refractivity contribution in [2.24, 2.45) is 11.3 Å². The fraction of sp³-hybridized carbons (Fsp3) is 0.389. The van der Waals surface area contributed by atoms with Crippen molar-refractivity contribution >= 4 is 34.1 Å². The molecule has 136 valence electrons. The molecule has 2 aromatic rings. The molecule has 0 aromatic carbocycles. The highest BCUT2D eigenvalue weighted by Crippen LogP contribution is 2.49. The molecule has 3 heterocycles.